The topological polar surface area (TPSA) is 102 Å². The zero-order valence-corrected chi connectivity index (χ0v) is 13.4. The molecule has 0 aromatic rings. The van der Waals surface area contributed by atoms with Gasteiger partial charge in [-0.1, -0.05) is 0 Å². The van der Waals surface area contributed by atoms with E-state index in [0.717, 1.165) is 6.66 Å². The van der Waals surface area contributed by atoms with Gasteiger partial charge in [-0.2, -0.15) is 0 Å². The first-order chi connectivity index (χ1) is 8.55. The van der Waals surface area contributed by atoms with Crippen LogP contribution < -0.4 is 0 Å². The molecule has 13 heteroatoms. The van der Waals surface area contributed by atoms with Crippen molar-refractivity contribution in [1.29, 1.82) is 0 Å². The minimum absolute atomic E-state index is 0.323. The summed E-state index contributed by atoms with van der Waals surface area (Å²) < 4.78 is 37.9. The Hall–Kier alpha value is 1.09. The van der Waals surface area contributed by atoms with Gasteiger partial charge in [-0.25, -0.2) is 0 Å². The fourth-order valence-corrected chi connectivity index (χ4v) is 6.64. The molecule has 1 saturated heterocycles. The second kappa shape index (κ2) is 5.38. The van der Waals surface area contributed by atoms with Gasteiger partial charge in [0.05, 0.1) is 0 Å². The van der Waals surface area contributed by atoms with Crippen molar-refractivity contribution in [3.63, 3.8) is 0 Å². The van der Waals surface area contributed by atoms with Crippen LogP contribution in [-0.2, 0) is 22.7 Å². The molecule has 2 aliphatic rings. The van der Waals surface area contributed by atoms with Gasteiger partial charge in [0.15, 0.2) is 0 Å². The first-order valence-corrected chi connectivity index (χ1v) is 11.2. The second-order valence-corrected chi connectivity index (χ2v) is 11.5. The van der Waals surface area contributed by atoms with Crippen LogP contribution in [0.15, 0.2) is 0 Å². The molecule has 0 amide bonds. The van der Waals surface area contributed by atoms with E-state index in [1.54, 1.807) is 13.6 Å². The van der Waals surface area contributed by atoms with Gasteiger partial charge < -0.3 is 0 Å². The Morgan fingerprint density at radius 3 is 2.37 bits per heavy atom. The normalized spacial score (nSPS) is 37.2. The monoisotopic (exact) mass is 344 g/mol. The van der Waals surface area contributed by atoms with E-state index in [9.17, 15) is 19.3 Å². The van der Waals surface area contributed by atoms with Crippen LogP contribution in [0, 0.1) is 0 Å². The van der Waals surface area contributed by atoms with Gasteiger partial charge in [-0.3, -0.25) is 0 Å². The molecule has 1 fully saturated rings. The predicted octanol–water partition coefficient (Wildman–Crippen LogP) is -0.0784. The summed E-state index contributed by atoms with van der Waals surface area (Å²) in [5, 5.41) is 18.5. The molecule has 2 rings (SSSR count). The van der Waals surface area contributed by atoms with Crippen molar-refractivity contribution in [2.24, 2.45) is 0 Å². The van der Waals surface area contributed by atoms with Crippen molar-refractivity contribution in [3.8, 4) is 0 Å². The molecule has 0 aliphatic carbocycles. The van der Waals surface area contributed by atoms with Crippen molar-refractivity contribution in [1.82, 2.24) is 0 Å². The third-order valence-corrected chi connectivity index (χ3v) is 6.85. The van der Waals surface area contributed by atoms with Crippen molar-refractivity contribution in [2.45, 2.75) is 23.7 Å². The first-order valence-electron chi connectivity index (χ1n) is 5.28. The summed E-state index contributed by atoms with van der Waals surface area (Å²) in [4.78, 5) is 0. The van der Waals surface area contributed by atoms with Crippen molar-refractivity contribution < 1.29 is 32.9 Å². The Bertz CT molecular complexity index is 490. The van der Waals surface area contributed by atoms with Gasteiger partial charge in [0.2, 0.25) is 0 Å². The maximum atomic E-state index is 11.7. The van der Waals surface area contributed by atoms with Gasteiger partial charge in [-0.15, -0.1) is 0 Å². The van der Waals surface area contributed by atoms with Gasteiger partial charge in [-0.05, 0) is 0 Å². The zero-order valence-electron chi connectivity index (χ0n) is 9.82. The van der Waals surface area contributed by atoms with Gasteiger partial charge in [0.25, 0.3) is 0 Å². The maximum absolute atomic E-state index is 11.7. The fourth-order valence-electron chi connectivity index (χ4n) is 1.74. The summed E-state index contributed by atoms with van der Waals surface area (Å²) in [5.41, 5.74) is 0. The molecule has 19 heavy (non-hydrogen) atoms. The second-order valence-electron chi connectivity index (χ2n) is 4.43. The molecule has 5 atom stereocenters. The Kier molecular flexibility index (Phi) is 4.66. The van der Waals surface area contributed by atoms with Crippen LogP contribution >= 0.6 is 37.9 Å². The van der Waals surface area contributed by atoms with Gasteiger partial charge in [0, 0.05) is 0 Å². The van der Waals surface area contributed by atoms with Crippen molar-refractivity contribution in [3.05, 3.63) is 0 Å². The molecular formula is C6H12B2O7P2S2. The molecule has 0 bridgehead atoms. The molecule has 2 N–H and O–H groups in total. The molecule has 7 nitrogen and oxygen atoms in total. The summed E-state index contributed by atoms with van der Waals surface area (Å²) in [6.07, 6.45) is -3.17. The van der Waals surface area contributed by atoms with E-state index in [4.69, 9.17) is 9.26 Å². The number of hydrogen-bond donors (Lipinski definition) is 4. The fraction of sp³-hybridized carbons (Fsp3) is 1.00. The Morgan fingerprint density at radius 1 is 1.37 bits per heavy atom. The van der Waals surface area contributed by atoms with Crippen LogP contribution in [0.4, 0.5) is 0 Å². The number of hydrogen-bond acceptors (Lipinski definition) is 7. The molecule has 5 unspecified atom stereocenters. The standard InChI is InChI=1S/C6H12B2O7P2S2/c1-16(11,18)15-17(12,19)13-2-3-4(9)5(10)6(14-3)7-8-6/h3-5,9-10H,2H2,1H3,(H,11,18)(H,12,19). The number of ether oxygens (including phenoxy) is 1. The molecule has 1 spiro atoms. The average molecular weight is 344 g/mol. The summed E-state index contributed by atoms with van der Waals surface area (Å²) in [6.45, 7) is -3.17. The minimum atomic E-state index is -3.87. The van der Waals surface area contributed by atoms with Crippen LogP contribution in [0.2, 0.25) is 0 Å². The molecule has 0 aromatic heterocycles. The number of thiol groups is 2. The number of aliphatic hydroxyl groups is 2. The molecule has 0 aromatic carbocycles. The molecule has 0 radical (unpaired) electrons. The van der Waals surface area contributed by atoms with Gasteiger partial charge >= 0.3 is 121 Å². The summed E-state index contributed by atoms with van der Waals surface area (Å²) in [7, 11) is 0. The quantitative estimate of drug-likeness (QED) is 0.314. The van der Waals surface area contributed by atoms with Crippen molar-refractivity contribution in [2.75, 3.05) is 13.3 Å². The first kappa shape index (κ1) is 16.5. The number of aliphatic hydroxyl groups excluding tert-OH is 2. The Morgan fingerprint density at radius 2 is 1.95 bits per heavy atom. The van der Waals surface area contributed by atoms with E-state index in [-0.39, 0.29) is 6.61 Å². The molecule has 106 valence electrons. The van der Waals surface area contributed by atoms with E-state index in [1.165, 1.54) is 0 Å². The Labute approximate surface area is 121 Å². The molecule has 0 saturated carbocycles. The van der Waals surface area contributed by atoms with E-state index < -0.39 is 37.1 Å². The Balaban J connectivity index is 1.89. The van der Waals surface area contributed by atoms with E-state index in [2.05, 4.69) is 28.8 Å². The third kappa shape index (κ3) is 4.05. The molecular weight excluding hydrogens is 332 g/mol. The van der Waals surface area contributed by atoms with E-state index >= 15 is 0 Å². The van der Waals surface area contributed by atoms with Crippen LogP contribution in [0.25, 0.3) is 0 Å². The van der Waals surface area contributed by atoms with E-state index in [1.807, 2.05) is 0 Å². The van der Waals surface area contributed by atoms with Crippen LogP contribution in [0.1, 0.15) is 0 Å². The van der Waals surface area contributed by atoms with Crippen LogP contribution in [0.3, 0.4) is 0 Å². The third-order valence-electron chi connectivity index (χ3n) is 2.67. The average Bonchev–Trinajstić information content (AvgIpc) is 2.95. The van der Waals surface area contributed by atoms with Crippen LogP contribution in [0.5, 0.6) is 0 Å². The van der Waals surface area contributed by atoms with Crippen molar-refractivity contribution >= 4 is 51.5 Å². The molecule has 2 aliphatic heterocycles. The van der Waals surface area contributed by atoms with E-state index in [0.29, 0.717) is 0 Å². The molecule has 2 heterocycles. The zero-order chi connectivity index (χ0) is 14.5. The van der Waals surface area contributed by atoms with Crippen LogP contribution in [-0.4, -0.2) is 60.8 Å². The predicted molar refractivity (Wildman–Crippen MR) is 77.3 cm³/mol. The SMILES string of the molecule is CP(=O)(S)OP(=O)(S)OCC1OC2(B=B2)C(O)C1O. The van der Waals surface area contributed by atoms with Gasteiger partial charge in [0.1, 0.15) is 0 Å². The summed E-state index contributed by atoms with van der Waals surface area (Å²) >= 11 is 7.26. The summed E-state index contributed by atoms with van der Waals surface area (Å²) in [5.74, 6) is 0. The number of rotatable bonds is 5. The summed E-state index contributed by atoms with van der Waals surface area (Å²) in [6, 6.07) is 0.